The molecule has 0 aliphatic heterocycles. The summed E-state index contributed by atoms with van der Waals surface area (Å²) in [5.74, 6) is 0.204. The van der Waals surface area contributed by atoms with Gasteiger partial charge in [0.05, 0.1) is 6.20 Å². The van der Waals surface area contributed by atoms with Crippen molar-refractivity contribution in [3.63, 3.8) is 0 Å². The van der Waals surface area contributed by atoms with Crippen LogP contribution in [0.5, 0.6) is 0 Å². The lowest BCUT2D eigenvalue weighted by Crippen LogP contribution is -2.31. The lowest BCUT2D eigenvalue weighted by Gasteiger charge is -2.21. The highest BCUT2D eigenvalue weighted by Gasteiger charge is 2.20. The summed E-state index contributed by atoms with van der Waals surface area (Å²) in [4.78, 5) is 26.8. The highest BCUT2D eigenvalue weighted by Crippen LogP contribution is 2.22. The van der Waals surface area contributed by atoms with Crippen molar-refractivity contribution in [1.29, 1.82) is 0 Å². The van der Waals surface area contributed by atoms with Crippen LogP contribution in [-0.2, 0) is 0 Å². The lowest BCUT2D eigenvalue weighted by molar-refractivity contribution is 0.0940. The number of carbonyl (C=O) groups excluding carboxylic acids is 1. The van der Waals surface area contributed by atoms with Gasteiger partial charge in [-0.1, -0.05) is 24.5 Å². The molecule has 1 aliphatic carbocycles. The van der Waals surface area contributed by atoms with Crippen LogP contribution in [0.25, 0.3) is 5.52 Å². The standard InChI is InChI=1S/C14H19N5O2/c1-9-8-19-12(14(21)16-9)11(17-18-19)13(20)15-7-10-5-3-2-4-6-10/h8,10H,2-7H2,1H3,(H,15,20)(H,16,21). The predicted octanol–water partition coefficient (Wildman–Crippen LogP) is 1.04. The highest BCUT2D eigenvalue weighted by atomic mass is 16.2. The van der Waals surface area contributed by atoms with Gasteiger partial charge in [-0.05, 0) is 25.7 Å². The number of hydrogen-bond acceptors (Lipinski definition) is 4. The molecule has 2 aromatic heterocycles. The minimum absolute atomic E-state index is 0.0899. The normalized spacial score (nSPS) is 16.2. The van der Waals surface area contributed by atoms with Crippen molar-refractivity contribution in [3.05, 3.63) is 27.9 Å². The Morgan fingerprint density at radius 3 is 2.95 bits per heavy atom. The second-order valence-electron chi connectivity index (χ2n) is 5.71. The average molecular weight is 289 g/mol. The summed E-state index contributed by atoms with van der Waals surface area (Å²) in [7, 11) is 0. The van der Waals surface area contributed by atoms with E-state index in [9.17, 15) is 9.59 Å². The number of H-pyrrole nitrogens is 1. The van der Waals surface area contributed by atoms with Crippen molar-refractivity contribution in [1.82, 2.24) is 25.1 Å². The third-order valence-corrected chi connectivity index (χ3v) is 4.03. The van der Waals surface area contributed by atoms with Gasteiger partial charge < -0.3 is 10.3 Å². The van der Waals surface area contributed by atoms with E-state index < -0.39 is 0 Å². The van der Waals surface area contributed by atoms with Gasteiger partial charge in [-0.25, -0.2) is 4.52 Å². The first-order chi connectivity index (χ1) is 10.1. The molecule has 1 aliphatic rings. The van der Waals surface area contributed by atoms with Gasteiger partial charge in [0.15, 0.2) is 11.2 Å². The Kier molecular flexibility index (Phi) is 3.72. The number of aryl methyl sites for hydroxylation is 1. The number of amides is 1. The zero-order chi connectivity index (χ0) is 14.8. The minimum atomic E-state index is -0.345. The molecule has 0 atom stereocenters. The zero-order valence-corrected chi connectivity index (χ0v) is 12.1. The van der Waals surface area contributed by atoms with Crippen molar-refractivity contribution in [2.45, 2.75) is 39.0 Å². The van der Waals surface area contributed by atoms with E-state index >= 15 is 0 Å². The van der Waals surface area contributed by atoms with Crippen LogP contribution in [0, 0.1) is 12.8 Å². The Bertz CT molecular complexity index is 712. The van der Waals surface area contributed by atoms with Gasteiger partial charge in [0, 0.05) is 12.2 Å². The average Bonchev–Trinajstić information content (AvgIpc) is 2.90. The monoisotopic (exact) mass is 289 g/mol. The van der Waals surface area contributed by atoms with Crippen molar-refractivity contribution >= 4 is 11.4 Å². The van der Waals surface area contributed by atoms with Crippen LogP contribution in [0.2, 0.25) is 0 Å². The molecule has 2 N–H and O–H groups in total. The molecule has 2 heterocycles. The molecule has 2 aromatic rings. The summed E-state index contributed by atoms with van der Waals surface area (Å²) < 4.78 is 1.35. The van der Waals surface area contributed by atoms with Crippen molar-refractivity contribution < 1.29 is 4.79 Å². The maximum atomic E-state index is 12.2. The number of carbonyl (C=O) groups is 1. The fourth-order valence-electron chi connectivity index (χ4n) is 2.91. The van der Waals surface area contributed by atoms with Gasteiger partial charge in [0.2, 0.25) is 0 Å². The Labute approximate surface area is 121 Å². The topological polar surface area (TPSA) is 92.2 Å². The molecule has 0 unspecified atom stereocenters. The van der Waals surface area contributed by atoms with Crippen LogP contribution in [0.4, 0.5) is 0 Å². The maximum absolute atomic E-state index is 12.2. The number of aromatic amines is 1. The second-order valence-corrected chi connectivity index (χ2v) is 5.71. The summed E-state index contributed by atoms with van der Waals surface area (Å²) in [5.41, 5.74) is 0.614. The molecule has 0 aromatic carbocycles. The molecule has 0 spiro atoms. The molecule has 7 heteroatoms. The molecular formula is C14H19N5O2. The van der Waals surface area contributed by atoms with Gasteiger partial charge in [-0.2, -0.15) is 0 Å². The molecule has 1 amide bonds. The van der Waals surface area contributed by atoms with E-state index in [2.05, 4.69) is 20.6 Å². The Balaban J connectivity index is 1.77. The van der Waals surface area contributed by atoms with E-state index in [1.54, 1.807) is 13.1 Å². The number of hydrogen-bond donors (Lipinski definition) is 2. The third-order valence-electron chi connectivity index (χ3n) is 4.03. The highest BCUT2D eigenvalue weighted by molar-refractivity contribution is 5.98. The first-order valence-corrected chi connectivity index (χ1v) is 7.38. The van der Waals surface area contributed by atoms with Crippen molar-refractivity contribution in [2.75, 3.05) is 6.54 Å². The number of nitrogens with one attached hydrogen (secondary N) is 2. The molecule has 0 saturated heterocycles. The zero-order valence-electron chi connectivity index (χ0n) is 12.1. The van der Waals surface area contributed by atoms with Gasteiger partial charge in [-0.15, -0.1) is 5.10 Å². The smallest absolute Gasteiger partial charge is 0.276 e. The van der Waals surface area contributed by atoms with Gasteiger partial charge in [-0.3, -0.25) is 9.59 Å². The SMILES string of the molecule is Cc1cn2nnc(C(=O)NCC3CCCCC3)c2c(=O)[nH]1. The summed E-state index contributed by atoms with van der Waals surface area (Å²) in [6.07, 6.45) is 7.70. The van der Waals surface area contributed by atoms with Crippen LogP contribution < -0.4 is 10.9 Å². The molecule has 1 saturated carbocycles. The number of aromatic nitrogens is 4. The summed E-state index contributed by atoms with van der Waals surface area (Å²) >= 11 is 0. The largest absolute Gasteiger partial charge is 0.350 e. The van der Waals surface area contributed by atoms with Crippen LogP contribution in [0.3, 0.4) is 0 Å². The van der Waals surface area contributed by atoms with E-state index in [4.69, 9.17) is 0 Å². The second kappa shape index (κ2) is 5.67. The summed E-state index contributed by atoms with van der Waals surface area (Å²) in [5, 5.41) is 10.6. The number of rotatable bonds is 3. The molecule has 21 heavy (non-hydrogen) atoms. The summed E-state index contributed by atoms with van der Waals surface area (Å²) in [6, 6.07) is 0. The van der Waals surface area contributed by atoms with Gasteiger partial charge >= 0.3 is 0 Å². The Morgan fingerprint density at radius 2 is 2.19 bits per heavy atom. The van der Waals surface area contributed by atoms with E-state index in [0.29, 0.717) is 18.2 Å². The number of nitrogens with zero attached hydrogens (tertiary/aromatic N) is 3. The minimum Gasteiger partial charge on any atom is -0.350 e. The maximum Gasteiger partial charge on any atom is 0.276 e. The molecule has 0 bridgehead atoms. The van der Waals surface area contributed by atoms with Crippen LogP contribution >= 0.6 is 0 Å². The Morgan fingerprint density at radius 1 is 1.43 bits per heavy atom. The predicted molar refractivity (Wildman–Crippen MR) is 77.3 cm³/mol. The fraction of sp³-hybridized carbons (Fsp3) is 0.571. The fourth-order valence-corrected chi connectivity index (χ4v) is 2.91. The van der Waals surface area contributed by atoms with Crippen LogP contribution in [0.1, 0.15) is 48.3 Å². The Hall–Kier alpha value is -2.18. The number of fused-ring (bicyclic) bond motifs is 1. The van der Waals surface area contributed by atoms with E-state index in [-0.39, 0.29) is 22.7 Å². The van der Waals surface area contributed by atoms with Crippen LogP contribution in [-0.4, -0.2) is 32.3 Å². The molecule has 1 fully saturated rings. The molecule has 0 radical (unpaired) electrons. The van der Waals surface area contributed by atoms with E-state index in [0.717, 1.165) is 12.8 Å². The van der Waals surface area contributed by atoms with Crippen molar-refractivity contribution in [3.8, 4) is 0 Å². The van der Waals surface area contributed by atoms with Crippen molar-refractivity contribution in [2.24, 2.45) is 5.92 Å². The molecule has 7 nitrogen and oxygen atoms in total. The van der Waals surface area contributed by atoms with E-state index in [1.165, 1.54) is 23.8 Å². The first kappa shape index (κ1) is 13.8. The first-order valence-electron chi connectivity index (χ1n) is 7.38. The molecule has 112 valence electrons. The quantitative estimate of drug-likeness (QED) is 0.883. The summed E-state index contributed by atoms with van der Waals surface area (Å²) in [6.45, 7) is 2.40. The van der Waals surface area contributed by atoms with Crippen LogP contribution in [0.15, 0.2) is 11.0 Å². The lowest BCUT2D eigenvalue weighted by atomic mass is 9.89. The molecule has 3 rings (SSSR count). The van der Waals surface area contributed by atoms with Gasteiger partial charge in [0.25, 0.3) is 11.5 Å². The third kappa shape index (κ3) is 2.81. The van der Waals surface area contributed by atoms with Gasteiger partial charge in [0.1, 0.15) is 0 Å². The molecular weight excluding hydrogens is 270 g/mol. The van der Waals surface area contributed by atoms with E-state index in [1.807, 2.05) is 0 Å².